The third kappa shape index (κ3) is 4.18. The van der Waals surface area contributed by atoms with Gasteiger partial charge in [-0.2, -0.15) is 18.3 Å². The van der Waals surface area contributed by atoms with Crippen LogP contribution in [-0.4, -0.2) is 39.9 Å². The molecule has 1 amide bonds. The van der Waals surface area contributed by atoms with E-state index in [2.05, 4.69) is 11.7 Å². The fourth-order valence-electron chi connectivity index (χ4n) is 2.01. The summed E-state index contributed by atoms with van der Waals surface area (Å²) in [5.74, 6) is -1.68. The molecule has 0 atom stereocenters. The summed E-state index contributed by atoms with van der Waals surface area (Å²) in [4.78, 5) is 12.7. The van der Waals surface area contributed by atoms with E-state index in [0.29, 0.717) is 4.90 Å². The van der Waals surface area contributed by atoms with Gasteiger partial charge in [0.15, 0.2) is 0 Å². The van der Waals surface area contributed by atoms with Crippen molar-refractivity contribution in [1.82, 2.24) is 14.7 Å². The molecule has 0 spiro atoms. The minimum atomic E-state index is -4.55. The Hall–Kier alpha value is -2.64. The zero-order chi connectivity index (χ0) is 17.0. The van der Waals surface area contributed by atoms with Gasteiger partial charge in [-0.3, -0.25) is 4.79 Å². The fraction of sp³-hybridized carbons (Fsp3) is 0.200. The van der Waals surface area contributed by atoms with Crippen molar-refractivity contribution in [3.05, 3.63) is 60.7 Å². The highest BCUT2D eigenvalue weighted by Gasteiger charge is 2.33. The monoisotopic (exact) mass is 327 g/mol. The Kier molecular flexibility index (Phi) is 4.83. The lowest BCUT2D eigenvalue weighted by Crippen LogP contribution is -2.39. The van der Waals surface area contributed by atoms with Crippen LogP contribution in [0.15, 0.2) is 49.3 Å². The number of halogens is 4. The Balaban J connectivity index is 2.27. The van der Waals surface area contributed by atoms with Gasteiger partial charge in [0.2, 0.25) is 0 Å². The Labute approximate surface area is 129 Å². The van der Waals surface area contributed by atoms with Gasteiger partial charge in [-0.05, 0) is 24.3 Å². The van der Waals surface area contributed by atoms with Crippen molar-refractivity contribution in [1.29, 1.82) is 0 Å². The Morgan fingerprint density at radius 1 is 1.39 bits per heavy atom. The van der Waals surface area contributed by atoms with Crippen molar-refractivity contribution in [3.63, 3.8) is 0 Å². The number of nitrogens with zero attached hydrogens (tertiary/aromatic N) is 3. The lowest BCUT2D eigenvalue weighted by atomic mass is 10.1. The molecule has 0 N–H and O–H groups in total. The minimum Gasteiger partial charge on any atom is -0.326 e. The molecule has 0 aliphatic heterocycles. The molecule has 2 aromatic rings. The molecule has 122 valence electrons. The number of carbonyl (C=O) groups is 1. The van der Waals surface area contributed by atoms with Crippen molar-refractivity contribution < 1.29 is 22.4 Å². The van der Waals surface area contributed by atoms with Gasteiger partial charge in [-0.15, -0.1) is 6.58 Å². The number of alkyl halides is 3. The van der Waals surface area contributed by atoms with Crippen molar-refractivity contribution in [2.75, 3.05) is 13.1 Å². The zero-order valence-electron chi connectivity index (χ0n) is 11.9. The quantitative estimate of drug-likeness (QED) is 0.625. The van der Waals surface area contributed by atoms with E-state index >= 15 is 0 Å². The summed E-state index contributed by atoms with van der Waals surface area (Å²) < 4.78 is 52.9. The molecule has 2 rings (SSSR count). The van der Waals surface area contributed by atoms with Crippen LogP contribution in [0.1, 0.15) is 10.4 Å². The predicted octanol–water partition coefficient (Wildman–Crippen LogP) is 3.20. The highest BCUT2D eigenvalue weighted by Crippen LogP contribution is 2.20. The van der Waals surface area contributed by atoms with E-state index in [-0.39, 0.29) is 17.8 Å². The number of benzene rings is 1. The van der Waals surface area contributed by atoms with Crippen LogP contribution in [0.3, 0.4) is 0 Å². The molecule has 0 saturated carbocycles. The van der Waals surface area contributed by atoms with Crippen LogP contribution in [0, 0.1) is 5.82 Å². The maximum atomic E-state index is 14.1. The Bertz CT molecular complexity index is 695. The average Bonchev–Trinajstić information content (AvgIpc) is 2.98. The van der Waals surface area contributed by atoms with Crippen LogP contribution >= 0.6 is 0 Å². The summed E-state index contributed by atoms with van der Waals surface area (Å²) in [6, 6.07) is 5.03. The lowest BCUT2D eigenvalue weighted by molar-refractivity contribution is -0.139. The van der Waals surface area contributed by atoms with Crippen LogP contribution in [-0.2, 0) is 0 Å². The molecule has 4 nitrogen and oxygen atoms in total. The summed E-state index contributed by atoms with van der Waals surface area (Å²) in [5, 5.41) is 3.85. The molecule has 0 aliphatic carbocycles. The molecule has 0 fully saturated rings. The first-order valence-electron chi connectivity index (χ1n) is 6.58. The normalized spacial score (nSPS) is 11.3. The van der Waals surface area contributed by atoms with Crippen molar-refractivity contribution in [2.45, 2.75) is 6.18 Å². The zero-order valence-corrected chi connectivity index (χ0v) is 11.9. The molecule has 23 heavy (non-hydrogen) atoms. The first-order valence-corrected chi connectivity index (χ1v) is 6.58. The highest BCUT2D eigenvalue weighted by atomic mass is 19.4. The van der Waals surface area contributed by atoms with E-state index in [4.69, 9.17) is 0 Å². The summed E-state index contributed by atoms with van der Waals surface area (Å²) in [7, 11) is 0. The van der Waals surface area contributed by atoms with Crippen LogP contribution in [0.4, 0.5) is 17.6 Å². The van der Waals surface area contributed by atoms with Gasteiger partial charge >= 0.3 is 6.18 Å². The maximum absolute atomic E-state index is 14.1. The Morgan fingerprint density at radius 2 is 2.13 bits per heavy atom. The van der Waals surface area contributed by atoms with E-state index in [9.17, 15) is 22.4 Å². The van der Waals surface area contributed by atoms with Gasteiger partial charge in [0.05, 0.1) is 0 Å². The van der Waals surface area contributed by atoms with E-state index < -0.39 is 24.4 Å². The third-order valence-corrected chi connectivity index (χ3v) is 2.95. The second-order valence-electron chi connectivity index (χ2n) is 4.71. The topological polar surface area (TPSA) is 38.1 Å². The van der Waals surface area contributed by atoms with E-state index in [1.807, 2.05) is 0 Å². The second kappa shape index (κ2) is 6.64. The molecule has 1 aromatic carbocycles. The molecule has 0 bridgehead atoms. The van der Waals surface area contributed by atoms with Crippen LogP contribution < -0.4 is 0 Å². The van der Waals surface area contributed by atoms with Gasteiger partial charge in [0, 0.05) is 24.5 Å². The first-order chi connectivity index (χ1) is 10.8. The SMILES string of the molecule is C=CCN(CC(F)(F)F)C(=O)c1ccc(-n2cccn2)c(F)c1. The van der Waals surface area contributed by atoms with Gasteiger partial charge in [-0.25, -0.2) is 9.07 Å². The highest BCUT2D eigenvalue weighted by molar-refractivity contribution is 5.94. The van der Waals surface area contributed by atoms with E-state index in [0.717, 1.165) is 6.07 Å². The van der Waals surface area contributed by atoms with Crippen molar-refractivity contribution in [3.8, 4) is 5.69 Å². The molecule has 0 unspecified atom stereocenters. The molecule has 0 saturated heterocycles. The van der Waals surface area contributed by atoms with Gasteiger partial charge in [0.25, 0.3) is 5.91 Å². The smallest absolute Gasteiger partial charge is 0.326 e. The van der Waals surface area contributed by atoms with Crippen LogP contribution in [0.5, 0.6) is 0 Å². The largest absolute Gasteiger partial charge is 0.406 e. The molecular weight excluding hydrogens is 314 g/mol. The minimum absolute atomic E-state index is 0.0950. The van der Waals surface area contributed by atoms with Crippen molar-refractivity contribution in [2.24, 2.45) is 0 Å². The number of carbonyl (C=O) groups excluding carboxylic acids is 1. The standard InChI is InChI=1S/C15H13F4N3O/c1-2-7-21(10-15(17,18)19)14(23)11-4-5-13(12(16)9-11)22-8-3-6-20-22/h2-6,8-9H,1,7,10H2. The van der Waals surface area contributed by atoms with Crippen molar-refractivity contribution >= 4 is 5.91 Å². The molecule has 1 aromatic heterocycles. The van der Waals surface area contributed by atoms with Crippen LogP contribution in [0.25, 0.3) is 5.69 Å². The number of rotatable bonds is 5. The van der Waals surface area contributed by atoms with E-state index in [1.165, 1.54) is 35.3 Å². The summed E-state index contributed by atoms with van der Waals surface area (Å²) in [5.41, 5.74) is -0.0813. The molecule has 8 heteroatoms. The number of amides is 1. The summed E-state index contributed by atoms with van der Waals surface area (Å²) >= 11 is 0. The Morgan fingerprint density at radius 3 is 2.65 bits per heavy atom. The van der Waals surface area contributed by atoms with Gasteiger partial charge < -0.3 is 4.90 Å². The first kappa shape index (κ1) is 16.7. The molecule has 0 radical (unpaired) electrons. The molecular formula is C15H13F4N3O. The predicted molar refractivity (Wildman–Crippen MR) is 75.7 cm³/mol. The summed E-state index contributed by atoms with van der Waals surface area (Å²) in [6.07, 6.45) is -0.411. The average molecular weight is 327 g/mol. The molecule has 1 heterocycles. The second-order valence-corrected chi connectivity index (χ2v) is 4.71. The van der Waals surface area contributed by atoms with Crippen LogP contribution in [0.2, 0.25) is 0 Å². The number of hydrogen-bond donors (Lipinski definition) is 0. The maximum Gasteiger partial charge on any atom is 0.406 e. The molecule has 0 aliphatic rings. The lowest BCUT2D eigenvalue weighted by Gasteiger charge is -2.22. The number of hydrogen-bond acceptors (Lipinski definition) is 2. The fourth-order valence-corrected chi connectivity index (χ4v) is 2.01. The number of aromatic nitrogens is 2. The van der Waals surface area contributed by atoms with Gasteiger partial charge in [0.1, 0.15) is 18.0 Å². The van der Waals surface area contributed by atoms with E-state index in [1.54, 1.807) is 6.07 Å². The van der Waals surface area contributed by atoms with Gasteiger partial charge in [-0.1, -0.05) is 6.08 Å². The third-order valence-electron chi connectivity index (χ3n) is 2.95. The summed E-state index contributed by atoms with van der Waals surface area (Å²) in [6.45, 7) is 1.60.